The average molecular weight is 640 g/mol. The number of ether oxygens (including phenoxy) is 2. The zero-order valence-corrected chi connectivity index (χ0v) is 30.6. The van der Waals surface area contributed by atoms with Crippen molar-refractivity contribution in [3.05, 3.63) is 0 Å². The van der Waals surface area contributed by atoms with E-state index in [1.165, 1.54) is 51.4 Å². The summed E-state index contributed by atoms with van der Waals surface area (Å²) >= 11 is 0. The molecule has 7 heteroatoms. The van der Waals surface area contributed by atoms with Gasteiger partial charge in [-0.25, -0.2) is 0 Å². The van der Waals surface area contributed by atoms with Crippen LogP contribution in [0.1, 0.15) is 176 Å². The monoisotopic (exact) mass is 640 g/mol. The number of aliphatic carboxylic acids is 1. The number of nitrogens with zero attached hydrogens (tertiary/aromatic N) is 1. The van der Waals surface area contributed by atoms with Crippen LogP contribution in [-0.2, 0) is 23.9 Å². The Kier molecular flexibility index (Phi) is 26.5. The summed E-state index contributed by atoms with van der Waals surface area (Å²) in [5.74, 6) is -0.536. The quantitative estimate of drug-likeness (QED) is 0.0596. The summed E-state index contributed by atoms with van der Waals surface area (Å²) in [6.45, 7) is 11.2. The predicted molar refractivity (Wildman–Crippen MR) is 186 cm³/mol. The van der Waals surface area contributed by atoms with Crippen LogP contribution in [0.2, 0.25) is 0 Å². The first-order valence-electron chi connectivity index (χ1n) is 18.8. The van der Waals surface area contributed by atoms with Crippen LogP contribution in [0, 0.1) is 17.3 Å². The summed E-state index contributed by atoms with van der Waals surface area (Å²) in [7, 11) is 3.80. The van der Waals surface area contributed by atoms with Gasteiger partial charge < -0.3 is 19.5 Å². The molecular weight excluding hydrogens is 566 g/mol. The van der Waals surface area contributed by atoms with Crippen LogP contribution < -0.4 is 0 Å². The minimum Gasteiger partial charge on any atom is -0.481 e. The molecule has 0 saturated carbocycles. The highest BCUT2D eigenvalue weighted by atomic mass is 16.6. The lowest BCUT2D eigenvalue weighted by molar-refractivity contribution is -0.158. The molecule has 0 bridgehead atoms. The summed E-state index contributed by atoms with van der Waals surface area (Å²) in [4.78, 5) is 40.0. The van der Waals surface area contributed by atoms with E-state index < -0.39 is 17.5 Å². The van der Waals surface area contributed by atoms with Crippen LogP contribution in [0.15, 0.2) is 0 Å². The molecule has 266 valence electrons. The fraction of sp³-hybridized carbons (Fsp3) is 0.921. The van der Waals surface area contributed by atoms with Crippen molar-refractivity contribution in [3.63, 3.8) is 0 Å². The van der Waals surface area contributed by atoms with Gasteiger partial charge in [-0.05, 0) is 58.5 Å². The van der Waals surface area contributed by atoms with Gasteiger partial charge in [0.2, 0.25) is 0 Å². The zero-order valence-electron chi connectivity index (χ0n) is 30.6. The van der Waals surface area contributed by atoms with Gasteiger partial charge in [-0.15, -0.1) is 0 Å². The number of carboxylic acid groups (broad SMARTS) is 1. The topological polar surface area (TPSA) is 93.1 Å². The molecule has 0 spiro atoms. The van der Waals surface area contributed by atoms with E-state index in [9.17, 15) is 19.5 Å². The number of unbranched alkanes of at least 4 members (excludes halogenated alkanes) is 8. The molecule has 0 aromatic carbocycles. The van der Waals surface area contributed by atoms with E-state index >= 15 is 0 Å². The van der Waals surface area contributed by atoms with E-state index in [0.717, 1.165) is 51.4 Å². The Morgan fingerprint density at radius 3 is 1.60 bits per heavy atom. The van der Waals surface area contributed by atoms with Crippen molar-refractivity contribution < 1.29 is 29.0 Å². The summed E-state index contributed by atoms with van der Waals surface area (Å²) in [6.07, 6.45) is 20.9. The van der Waals surface area contributed by atoms with Crippen LogP contribution in [0.25, 0.3) is 0 Å². The molecule has 0 heterocycles. The van der Waals surface area contributed by atoms with Crippen molar-refractivity contribution in [1.82, 2.24) is 4.90 Å². The highest BCUT2D eigenvalue weighted by Gasteiger charge is 2.41. The lowest BCUT2D eigenvalue weighted by atomic mass is 9.67. The summed E-state index contributed by atoms with van der Waals surface area (Å²) < 4.78 is 10.8. The van der Waals surface area contributed by atoms with Gasteiger partial charge in [0.25, 0.3) is 0 Å². The molecule has 0 aromatic heterocycles. The van der Waals surface area contributed by atoms with E-state index in [1.807, 2.05) is 19.0 Å². The Hall–Kier alpha value is -1.63. The lowest BCUT2D eigenvalue weighted by Gasteiger charge is -2.37. The molecule has 0 fully saturated rings. The third-order valence-corrected chi connectivity index (χ3v) is 9.29. The van der Waals surface area contributed by atoms with Gasteiger partial charge >= 0.3 is 17.9 Å². The van der Waals surface area contributed by atoms with Crippen molar-refractivity contribution in [3.8, 4) is 0 Å². The van der Waals surface area contributed by atoms with E-state index in [2.05, 4.69) is 27.7 Å². The maximum absolute atomic E-state index is 13.3. The molecule has 7 nitrogen and oxygen atoms in total. The van der Waals surface area contributed by atoms with Gasteiger partial charge in [-0.1, -0.05) is 130 Å². The highest BCUT2D eigenvalue weighted by molar-refractivity contribution is 5.75. The SMILES string of the molecule is CCCCCCC(CCCC)CC(CCCC(=O)OCC(C)OC(=O)CCN(C)C)(CC(CCCC)CCCCCC)C(=O)O. The van der Waals surface area contributed by atoms with Gasteiger partial charge in [-0.2, -0.15) is 0 Å². The minimum absolute atomic E-state index is 0.0182. The molecule has 0 aliphatic carbocycles. The van der Waals surface area contributed by atoms with E-state index in [4.69, 9.17) is 9.47 Å². The van der Waals surface area contributed by atoms with Gasteiger partial charge in [0.1, 0.15) is 12.7 Å². The molecule has 0 radical (unpaired) electrons. The summed E-state index contributed by atoms with van der Waals surface area (Å²) in [6, 6.07) is 0. The average Bonchev–Trinajstić information content (AvgIpc) is 3.00. The predicted octanol–water partition coefficient (Wildman–Crippen LogP) is 9.99. The number of esters is 2. The Balaban J connectivity index is 5.63. The maximum Gasteiger partial charge on any atom is 0.309 e. The molecule has 0 amide bonds. The van der Waals surface area contributed by atoms with Gasteiger partial charge in [0.05, 0.1) is 11.8 Å². The fourth-order valence-corrected chi connectivity index (χ4v) is 6.56. The largest absolute Gasteiger partial charge is 0.481 e. The van der Waals surface area contributed by atoms with Crippen molar-refractivity contribution in [2.45, 2.75) is 182 Å². The molecule has 0 saturated heterocycles. The van der Waals surface area contributed by atoms with Gasteiger partial charge in [0, 0.05) is 13.0 Å². The zero-order chi connectivity index (χ0) is 33.9. The smallest absolute Gasteiger partial charge is 0.309 e. The summed E-state index contributed by atoms with van der Waals surface area (Å²) in [5.41, 5.74) is -0.818. The van der Waals surface area contributed by atoms with Crippen LogP contribution in [0.3, 0.4) is 0 Å². The number of hydrogen-bond acceptors (Lipinski definition) is 6. The number of rotatable bonds is 31. The Bertz CT molecular complexity index is 729. The molecule has 0 rings (SSSR count). The van der Waals surface area contributed by atoms with Crippen molar-refractivity contribution in [2.75, 3.05) is 27.2 Å². The Morgan fingerprint density at radius 2 is 1.16 bits per heavy atom. The maximum atomic E-state index is 13.3. The molecule has 0 aromatic rings. The van der Waals surface area contributed by atoms with E-state index in [0.29, 0.717) is 44.1 Å². The Morgan fingerprint density at radius 1 is 0.667 bits per heavy atom. The van der Waals surface area contributed by atoms with Crippen LogP contribution in [-0.4, -0.2) is 61.3 Å². The van der Waals surface area contributed by atoms with Crippen molar-refractivity contribution in [1.29, 1.82) is 0 Å². The van der Waals surface area contributed by atoms with Crippen LogP contribution >= 0.6 is 0 Å². The standard InChI is InChI=1S/C38H73NO6/c1-8-12-16-18-23-33(21-14-10-3)29-38(37(42)43,30-34(22-15-11-4)24-19-17-13-9-2)27-20-25-35(40)44-31-32(5)45-36(41)26-28-39(6)7/h32-34H,8-31H2,1-7H3,(H,42,43). The van der Waals surface area contributed by atoms with Crippen molar-refractivity contribution >= 4 is 17.9 Å². The molecule has 3 unspecified atom stereocenters. The van der Waals surface area contributed by atoms with Gasteiger partial charge in [-0.3, -0.25) is 14.4 Å². The first-order chi connectivity index (χ1) is 21.5. The molecule has 0 aliphatic rings. The summed E-state index contributed by atoms with van der Waals surface area (Å²) in [5, 5.41) is 10.9. The third-order valence-electron chi connectivity index (χ3n) is 9.29. The fourth-order valence-electron chi connectivity index (χ4n) is 6.56. The first-order valence-corrected chi connectivity index (χ1v) is 18.8. The molecule has 45 heavy (non-hydrogen) atoms. The minimum atomic E-state index is -0.818. The molecular formula is C38H73NO6. The highest BCUT2D eigenvalue weighted by Crippen LogP contribution is 2.44. The molecule has 1 N–H and O–H groups in total. The number of hydrogen-bond donors (Lipinski definition) is 1. The second kappa shape index (κ2) is 27.5. The first kappa shape index (κ1) is 43.4. The third kappa shape index (κ3) is 22.5. The molecule has 0 aliphatic heterocycles. The van der Waals surface area contributed by atoms with Crippen molar-refractivity contribution in [2.24, 2.45) is 17.3 Å². The Labute approximate surface area is 278 Å². The second-order valence-corrected chi connectivity index (χ2v) is 14.1. The van der Waals surface area contributed by atoms with E-state index in [1.54, 1.807) is 6.92 Å². The number of carbonyl (C=O) groups is 3. The van der Waals surface area contributed by atoms with Crippen LogP contribution in [0.4, 0.5) is 0 Å². The van der Waals surface area contributed by atoms with Gasteiger partial charge in [0.15, 0.2) is 0 Å². The lowest BCUT2D eigenvalue weighted by Crippen LogP contribution is -2.36. The normalized spacial score (nSPS) is 14.9. The molecule has 3 atom stereocenters. The van der Waals surface area contributed by atoms with Crippen LogP contribution in [0.5, 0.6) is 0 Å². The number of carbonyl (C=O) groups excluding carboxylic acids is 2. The van der Waals surface area contributed by atoms with E-state index in [-0.39, 0.29) is 31.4 Å². The second-order valence-electron chi connectivity index (χ2n) is 14.1. The number of carboxylic acids is 1.